The summed E-state index contributed by atoms with van der Waals surface area (Å²) in [6.07, 6.45) is 0.835. The molecule has 2 aromatic rings. The monoisotopic (exact) mass is 364 g/mol. The lowest BCUT2D eigenvalue weighted by atomic mass is 10.2. The van der Waals surface area contributed by atoms with Gasteiger partial charge in [0.1, 0.15) is 0 Å². The van der Waals surface area contributed by atoms with Gasteiger partial charge in [0.15, 0.2) is 0 Å². The van der Waals surface area contributed by atoms with Crippen molar-refractivity contribution in [3.8, 4) is 6.07 Å². The quantitative estimate of drug-likeness (QED) is 0.753. The molecule has 0 saturated heterocycles. The van der Waals surface area contributed by atoms with Crippen LogP contribution in [0.25, 0.3) is 0 Å². The number of amides is 2. The summed E-state index contributed by atoms with van der Waals surface area (Å²) >= 11 is 0. The van der Waals surface area contributed by atoms with Crippen molar-refractivity contribution in [1.29, 1.82) is 5.26 Å². The van der Waals surface area contributed by atoms with Gasteiger partial charge in [-0.05, 0) is 55.8 Å². The summed E-state index contributed by atoms with van der Waals surface area (Å²) in [5, 5.41) is 14.5. The highest BCUT2D eigenvalue weighted by atomic mass is 16.2. The Morgan fingerprint density at radius 3 is 2.22 bits per heavy atom. The van der Waals surface area contributed by atoms with Gasteiger partial charge in [0.05, 0.1) is 24.7 Å². The third-order valence-corrected chi connectivity index (χ3v) is 3.99. The van der Waals surface area contributed by atoms with Gasteiger partial charge in [-0.15, -0.1) is 0 Å². The van der Waals surface area contributed by atoms with Gasteiger partial charge in [-0.1, -0.05) is 25.1 Å². The van der Waals surface area contributed by atoms with E-state index in [-0.39, 0.29) is 24.9 Å². The minimum absolute atomic E-state index is 0.120. The molecule has 6 nitrogen and oxygen atoms in total. The number of carbonyl (C=O) groups is 2. The molecule has 0 aliphatic rings. The number of anilines is 2. The van der Waals surface area contributed by atoms with Gasteiger partial charge in [0.25, 0.3) is 0 Å². The molecule has 2 amide bonds. The summed E-state index contributed by atoms with van der Waals surface area (Å²) in [5.41, 5.74) is 2.93. The Labute approximate surface area is 159 Å². The molecule has 0 heterocycles. The van der Waals surface area contributed by atoms with Crippen LogP contribution in [0.3, 0.4) is 0 Å². The summed E-state index contributed by atoms with van der Waals surface area (Å²) in [6.45, 7) is 4.84. The molecule has 0 bridgehead atoms. The van der Waals surface area contributed by atoms with Gasteiger partial charge in [-0.2, -0.15) is 5.26 Å². The van der Waals surface area contributed by atoms with Crippen LogP contribution in [0.5, 0.6) is 0 Å². The third-order valence-electron chi connectivity index (χ3n) is 3.99. The summed E-state index contributed by atoms with van der Waals surface area (Å²) in [4.78, 5) is 26.5. The van der Waals surface area contributed by atoms with Crippen LogP contribution in [0.1, 0.15) is 24.5 Å². The number of nitrogens with zero attached hydrogens (tertiary/aromatic N) is 2. The van der Waals surface area contributed by atoms with Gasteiger partial charge >= 0.3 is 0 Å². The molecule has 140 valence electrons. The first-order valence-corrected chi connectivity index (χ1v) is 8.89. The van der Waals surface area contributed by atoms with Crippen molar-refractivity contribution in [2.45, 2.75) is 20.3 Å². The minimum atomic E-state index is -0.197. The van der Waals surface area contributed by atoms with Crippen LogP contribution in [0.15, 0.2) is 48.5 Å². The van der Waals surface area contributed by atoms with Gasteiger partial charge in [0, 0.05) is 11.4 Å². The molecule has 0 aliphatic carbocycles. The fourth-order valence-electron chi connectivity index (χ4n) is 2.67. The molecule has 0 aromatic heterocycles. The predicted molar refractivity (Wildman–Crippen MR) is 106 cm³/mol. The standard InChI is InChI=1S/C21H24N4O2/c1-3-12-25(15-21(27)24-19-7-5-4-6-16(19)2)14-20(26)23-18-10-8-17(13-22)9-11-18/h4-11H,3,12,14-15H2,1-2H3,(H,23,26)(H,24,27). The Bertz CT molecular complexity index is 825. The summed E-state index contributed by atoms with van der Waals surface area (Å²) in [5.74, 6) is -0.347. The summed E-state index contributed by atoms with van der Waals surface area (Å²) in [6, 6.07) is 16.3. The van der Waals surface area contributed by atoms with Crippen molar-refractivity contribution < 1.29 is 9.59 Å². The molecular weight excluding hydrogens is 340 g/mol. The predicted octanol–water partition coefficient (Wildman–Crippen LogP) is 3.16. The van der Waals surface area contributed by atoms with Crippen molar-refractivity contribution >= 4 is 23.2 Å². The highest BCUT2D eigenvalue weighted by molar-refractivity contribution is 5.95. The zero-order chi connectivity index (χ0) is 19.6. The van der Waals surface area contributed by atoms with Crippen molar-refractivity contribution in [2.75, 3.05) is 30.3 Å². The van der Waals surface area contributed by atoms with Gasteiger partial charge in [-0.25, -0.2) is 0 Å². The number of rotatable bonds is 8. The van der Waals surface area contributed by atoms with E-state index in [4.69, 9.17) is 5.26 Å². The largest absolute Gasteiger partial charge is 0.325 e. The lowest BCUT2D eigenvalue weighted by Crippen LogP contribution is -2.39. The fraction of sp³-hybridized carbons (Fsp3) is 0.286. The number of aryl methyl sites for hydroxylation is 1. The van der Waals surface area contributed by atoms with Crippen molar-refractivity contribution in [3.05, 3.63) is 59.7 Å². The molecule has 0 aliphatic heterocycles. The number of nitriles is 1. The molecule has 2 aromatic carbocycles. The van der Waals surface area contributed by atoms with E-state index in [2.05, 4.69) is 10.6 Å². The number of nitrogens with one attached hydrogen (secondary N) is 2. The first-order valence-electron chi connectivity index (χ1n) is 8.89. The Morgan fingerprint density at radius 2 is 1.63 bits per heavy atom. The Hall–Kier alpha value is -3.17. The molecule has 2 rings (SSSR count). The normalized spacial score (nSPS) is 10.3. The molecule has 0 atom stereocenters. The molecule has 0 radical (unpaired) electrons. The Kier molecular flexibility index (Phi) is 7.53. The molecular formula is C21H24N4O2. The molecule has 2 N–H and O–H groups in total. The van der Waals surface area contributed by atoms with Crippen LogP contribution in [0, 0.1) is 18.3 Å². The lowest BCUT2D eigenvalue weighted by molar-refractivity contribution is -0.120. The van der Waals surface area contributed by atoms with Crippen molar-refractivity contribution in [3.63, 3.8) is 0 Å². The average molecular weight is 364 g/mol. The van der Waals surface area contributed by atoms with Crippen LogP contribution in [-0.2, 0) is 9.59 Å². The number of hydrogen-bond donors (Lipinski definition) is 2. The smallest absolute Gasteiger partial charge is 0.238 e. The van der Waals surface area contributed by atoms with Crippen LogP contribution in [0.2, 0.25) is 0 Å². The molecule has 6 heteroatoms. The topological polar surface area (TPSA) is 85.2 Å². The number of hydrogen-bond acceptors (Lipinski definition) is 4. The van der Waals surface area contributed by atoms with E-state index >= 15 is 0 Å². The minimum Gasteiger partial charge on any atom is -0.325 e. The third kappa shape index (κ3) is 6.57. The lowest BCUT2D eigenvalue weighted by Gasteiger charge is -2.21. The van der Waals surface area contributed by atoms with Crippen LogP contribution in [0.4, 0.5) is 11.4 Å². The van der Waals surface area contributed by atoms with Crippen LogP contribution < -0.4 is 10.6 Å². The van der Waals surface area contributed by atoms with E-state index in [0.717, 1.165) is 17.7 Å². The fourth-order valence-corrected chi connectivity index (χ4v) is 2.67. The van der Waals surface area contributed by atoms with Gasteiger partial charge in [-0.3, -0.25) is 14.5 Å². The van der Waals surface area contributed by atoms with Crippen molar-refractivity contribution in [2.24, 2.45) is 0 Å². The van der Waals surface area contributed by atoms with E-state index < -0.39 is 0 Å². The second kappa shape index (κ2) is 10.1. The highest BCUT2D eigenvalue weighted by Crippen LogP contribution is 2.13. The number of para-hydroxylation sites is 1. The maximum atomic E-state index is 12.3. The second-order valence-corrected chi connectivity index (χ2v) is 6.31. The number of benzene rings is 2. The average Bonchev–Trinajstić information content (AvgIpc) is 2.64. The first-order chi connectivity index (χ1) is 13.0. The second-order valence-electron chi connectivity index (χ2n) is 6.31. The molecule has 0 saturated carbocycles. The maximum Gasteiger partial charge on any atom is 0.238 e. The first kappa shape index (κ1) is 20.1. The molecule has 27 heavy (non-hydrogen) atoms. The Morgan fingerprint density at radius 1 is 1.00 bits per heavy atom. The maximum absolute atomic E-state index is 12.3. The summed E-state index contributed by atoms with van der Waals surface area (Å²) in [7, 11) is 0. The van der Waals surface area contributed by atoms with E-state index in [1.165, 1.54) is 0 Å². The van der Waals surface area contributed by atoms with E-state index in [1.54, 1.807) is 24.3 Å². The van der Waals surface area contributed by atoms with Crippen LogP contribution in [-0.4, -0.2) is 36.3 Å². The highest BCUT2D eigenvalue weighted by Gasteiger charge is 2.15. The van der Waals surface area contributed by atoms with Crippen molar-refractivity contribution in [1.82, 2.24) is 4.90 Å². The molecule has 0 unspecified atom stereocenters. The summed E-state index contributed by atoms with van der Waals surface area (Å²) < 4.78 is 0. The van der Waals surface area contributed by atoms with Gasteiger partial charge < -0.3 is 10.6 Å². The SMILES string of the molecule is CCCN(CC(=O)Nc1ccc(C#N)cc1)CC(=O)Nc1ccccc1C. The van der Waals surface area contributed by atoms with Crippen LogP contribution >= 0.6 is 0 Å². The van der Waals surface area contributed by atoms with E-state index in [0.29, 0.717) is 17.8 Å². The molecule has 0 fully saturated rings. The van der Waals surface area contributed by atoms with E-state index in [1.807, 2.05) is 49.1 Å². The zero-order valence-electron chi connectivity index (χ0n) is 15.7. The number of carbonyl (C=O) groups excluding carboxylic acids is 2. The zero-order valence-corrected chi connectivity index (χ0v) is 15.7. The van der Waals surface area contributed by atoms with E-state index in [9.17, 15) is 9.59 Å². The van der Waals surface area contributed by atoms with Gasteiger partial charge in [0.2, 0.25) is 11.8 Å². The Balaban J connectivity index is 1.91. The molecule has 0 spiro atoms.